The quantitative estimate of drug-likeness (QED) is 0.367. The number of amides is 1. The molecule has 10 heteroatoms. The number of halogens is 1. The number of carbonyl (C=O) groups excluding carboxylic acids is 1. The van der Waals surface area contributed by atoms with Gasteiger partial charge >= 0.3 is 0 Å². The summed E-state index contributed by atoms with van der Waals surface area (Å²) in [4.78, 5) is 21.2. The molecule has 170 valence electrons. The molecule has 5 rings (SSSR count). The lowest BCUT2D eigenvalue weighted by Crippen LogP contribution is -2.49. The van der Waals surface area contributed by atoms with E-state index in [0.29, 0.717) is 30.6 Å². The average molecular weight is 484 g/mol. The van der Waals surface area contributed by atoms with Crippen LogP contribution in [0, 0.1) is 5.82 Å². The van der Waals surface area contributed by atoms with Crippen molar-refractivity contribution in [2.24, 2.45) is 0 Å². The summed E-state index contributed by atoms with van der Waals surface area (Å²) in [5.41, 5.74) is 1.98. The number of hydrogen-bond donors (Lipinski definition) is 0. The SMILES string of the molecule is O=C(CSc1nnc(CCc2nc3ccccc3s2)o1)N1CCN(c2ccc(F)cc2)CC1. The van der Waals surface area contributed by atoms with Gasteiger partial charge in [-0.2, -0.15) is 0 Å². The number of nitrogens with zero attached hydrogens (tertiary/aromatic N) is 5. The van der Waals surface area contributed by atoms with Crippen LogP contribution in [-0.4, -0.2) is 57.9 Å². The summed E-state index contributed by atoms with van der Waals surface area (Å²) in [6.07, 6.45) is 1.36. The Morgan fingerprint density at radius 2 is 1.82 bits per heavy atom. The number of piperazine rings is 1. The van der Waals surface area contributed by atoms with Crippen molar-refractivity contribution in [1.82, 2.24) is 20.1 Å². The molecule has 4 aromatic rings. The Balaban J connectivity index is 1.07. The van der Waals surface area contributed by atoms with E-state index >= 15 is 0 Å². The summed E-state index contributed by atoms with van der Waals surface area (Å²) in [6, 6.07) is 14.5. The van der Waals surface area contributed by atoms with E-state index in [-0.39, 0.29) is 17.5 Å². The van der Waals surface area contributed by atoms with Gasteiger partial charge in [0.05, 0.1) is 21.0 Å². The Kier molecular flexibility index (Phi) is 6.54. The van der Waals surface area contributed by atoms with Crippen molar-refractivity contribution in [2.75, 3.05) is 36.8 Å². The maximum Gasteiger partial charge on any atom is 0.277 e. The molecule has 3 heterocycles. The first-order valence-corrected chi connectivity index (χ1v) is 12.5. The molecule has 2 aromatic heterocycles. The van der Waals surface area contributed by atoms with Crippen molar-refractivity contribution in [3.05, 3.63) is 65.2 Å². The van der Waals surface area contributed by atoms with Gasteiger partial charge in [0.15, 0.2) is 0 Å². The molecule has 0 saturated carbocycles. The van der Waals surface area contributed by atoms with Gasteiger partial charge < -0.3 is 14.2 Å². The molecule has 0 unspecified atom stereocenters. The van der Waals surface area contributed by atoms with Gasteiger partial charge in [0, 0.05) is 44.7 Å². The summed E-state index contributed by atoms with van der Waals surface area (Å²) >= 11 is 2.94. The number of thiazole rings is 1. The van der Waals surface area contributed by atoms with Crippen molar-refractivity contribution in [3.63, 3.8) is 0 Å². The van der Waals surface area contributed by atoms with Gasteiger partial charge in [-0.15, -0.1) is 21.5 Å². The molecule has 0 bridgehead atoms. The highest BCUT2D eigenvalue weighted by Gasteiger charge is 2.22. The molecule has 0 radical (unpaired) electrons. The molecule has 1 fully saturated rings. The lowest BCUT2D eigenvalue weighted by molar-refractivity contribution is -0.128. The highest BCUT2D eigenvalue weighted by molar-refractivity contribution is 7.99. The van der Waals surface area contributed by atoms with Gasteiger partial charge in [0.1, 0.15) is 5.82 Å². The number of fused-ring (bicyclic) bond motifs is 1. The largest absolute Gasteiger partial charge is 0.416 e. The number of aryl methyl sites for hydroxylation is 2. The zero-order valence-corrected chi connectivity index (χ0v) is 19.4. The standard InChI is InChI=1S/C23H22FN5O2S2/c24-16-5-7-17(8-6-16)28-11-13-29(14-12-28)22(30)15-32-23-27-26-20(31-23)9-10-21-25-18-3-1-2-4-19(18)33-21/h1-8H,9-15H2. The van der Waals surface area contributed by atoms with Gasteiger partial charge in [0.2, 0.25) is 11.8 Å². The zero-order valence-electron chi connectivity index (χ0n) is 17.8. The number of para-hydroxylation sites is 1. The first kappa shape index (κ1) is 21.8. The summed E-state index contributed by atoms with van der Waals surface area (Å²) < 4.78 is 20.0. The minimum atomic E-state index is -0.245. The van der Waals surface area contributed by atoms with Crippen LogP contribution < -0.4 is 4.90 Å². The second kappa shape index (κ2) is 9.88. The zero-order chi connectivity index (χ0) is 22.6. The van der Waals surface area contributed by atoms with Gasteiger partial charge in [-0.3, -0.25) is 4.79 Å². The Morgan fingerprint density at radius 3 is 2.61 bits per heavy atom. The Morgan fingerprint density at radius 1 is 1.03 bits per heavy atom. The fraction of sp³-hybridized carbons (Fsp3) is 0.304. The van der Waals surface area contributed by atoms with Gasteiger partial charge in [0.25, 0.3) is 5.22 Å². The van der Waals surface area contributed by atoms with Crippen molar-refractivity contribution >= 4 is 44.9 Å². The predicted molar refractivity (Wildman–Crippen MR) is 127 cm³/mol. The molecule has 0 N–H and O–H groups in total. The van der Waals surface area contributed by atoms with Crippen molar-refractivity contribution < 1.29 is 13.6 Å². The van der Waals surface area contributed by atoms with Crippen molar-refractivity contribution in [2.45, 2.75) is 18.1 Å². The summed E-state index contributed by atoms with van der Waals surface area (Å²) in [6.45, 7) is 2.71. The highest BCUT2D eigenvalue weighted by Crippen LogP contribution is 2.24. The second-order valence-electron chi connectivity index (χ2n) is 7.67. The maximum atomic E-state index is 13.1. The summed E-state index contributed by atoms with van der Waals surface area (Å²) in [7, 11) is 0. The van der Waals surface area contributed by atoms with E-state index in [1.54, 1.807) is 23.5 Å². The van der Waals surface area contributed by atoms with Crippen LogP contribution in [-0.2, 0) is 17.6 Å². The molecule has 1 saturated heterocycles. The van der Waals surface area contributed by atoms with Gasteiger partial charge in [-0.25, -0.2) is 9.37 Å². The number of carbonyl (C=O) groups is 1. The molecule has 1 aliphatic rings. The molecule has 2 aromatic carbocycles. The third kappa shape index (κ3) is 5.33. The van der Waals surface area contributed by atoms with E-state index in [1.807, 2.05) is 23.1 Å². The van der Waals surface area contributed by atoms with E-state index in [1.165, 1.54) is 28.6 Å². The van der Waals surface area contributed by atoms with E-state index in [9.17, 15) is 9.18 Å². The predicted octanol–water partition coefficient (Wildman–Crippen LogP) is 4.04. The minimum Gasteiger partial charge on any atom is -0.416 e. The van der Waals surface area contributed by atoms with Crippen LogP contribution in [0.3, 0.4) is 0 Å². The number of hydrogen-bond acceptors (Lipinski definition) is 8. The maximum absolute atomic E-state index is 13.1. The Labute approximate surface area is 198 Å². The molecule has 0 aliphatic carbocycles. The molecule has 33 heavy (non-hydrogen) atoms. The second-order valence-corrected chi connectivity index (χ2v) is 9.71. The number of anilines is 1. The summed E-state index contributed by atoms with van der Waals surface area (Å²) in [5, 5.41) is 9.62. The van der Waals surface area contributed by atoms with Crippen LogP contribution in [0.15, 0.2) is 58.2 Å². The smallest absolute Gasteiger partial charge is 0.277 e. The number of aromatic nitrogens is 3. The fourth-order valence-electron chi connectivity index (χ4n) is 3.72. The molecule has 0 atom stereocenters. The van der Waals surface area contributed by atoms with E-state index in [2.05, 4.69) is 26.1 Å². The summed E-state index contributed by atoms with van der Waals surface area (Å²) in [5.74, 6) is 0.617. The van der Waals surface area contributed by atoms with Crippen LogP contribution in [0.5, 0.6) is 0 Å². The topological polar surface area (TPSA) is 75.4 Å². The fourth-order valence-corrected chi connectivity index (χ4v) is 5.37. The van der Waals surface area contributed by atoms with Crippen molar-refractivity contribution in [1.29, 1.82) is 0 Å². The number of rotatable bonds is 7. The average Bonchev–Trinajstić information content (AvgIpc) is 3.48. The van der Waals surface area contributed by atoms with Crippen LogP contribution in [0.25, 0.3) is 10.2 Å². The van der Waals surface area contributed by atoms with E-state index in [0.717, 1.165) is 35.7 Å². The molecule has 7 nitrogen and oxygen atoms in total. The van der Waals surface area contributed by atoms with Crippen LogP contribution in [0.4, 0.5) is 10.1 Å². The normalized spacial score (nSPS) is 14.2. The lowest BCUT2D eigenvalue weighted by Gasteiger charge is -2.36. The van der Waals surface area contributed by atoms with Crippen molar-refractivity contribution in [3.8, 4) is 0 Å². The van der Waals surface area contributed by atoms with Crippen LogP contribution in [0.1, 0.15) is 10.9 Å². The Bertz CT molecular complexity index is 1200. The molecular formula is C23H22FN5O2S2. The molecule has 1 amide bonds. The van der Waals surface area contributed by atoms with Crippen LogP contribution >= 0.6 is 23.1 Å². The van der Waals surface area contributed by atoms with E-state index < -0.39 is 0 Å². The lowest BCUT2D eigenvalue weighted by atomic mass is 10.2. The first-order chi connectivity index (χ1) is 16.1. The van der Waals surface area contributed by atoms with E-state index in [4.69, 9.17) is 4.42 Å². The molecule has 1 aliphatic heterocycles. The first-order valence-electron chi connectivity index (χ1n) is 10.7. The monoisotopic (exact) mass is 483 g/mol. The number of benzene rings is 2. The van der Waals surface area contributed by atoms with Gasteiger partial charge in [-0.1, -0.05) is 23.9 Å². The highest BCUT2D eigenvalue weighted by atomic mass is 32.2. The van der Waals surface area contributed by atoms with Crippen LogP contribution in [0.2, 0.25) is 0 Å². The minimum absolute atomic E-state index is 0.0491. The Hall–Kier alpha value is -2.98. The third-order valence-corrected chi connectivity index (χ3v) is 7.38. The molecular weight excluding hydrogens is 461 g/mol. The molecule has 0 spiro atoms. The number of thioether (sulfide) groups is 1. The third-order valence-electron chi connectivity index (χ3n) is 5.48. The van der Waals surface area contributed by atoms with Gasteiger partial charge in [-0.05, 0) is 36.4 Å².